The average molecular weight is 500 g/mol. The van der Waals surface area contributed by atoms with Gasteiger partial charge in [0, 0.05) is 45.9 Å². The Kier molecular flexibility index (Phi) is 6.50. The van der Waals surface area contributed by atoms with Crippen molar-refractivity contribution in [3.05, 3.63) is 24.1 Å². The van der Waals surface area contributed by atoms with Gasteiger partial charge in [0.2, 0.25) is 0 Å². The maximum absolute atomic E-state index is 15.1. The number of hydrogen-bond acceptors (Lipinski definition) is 7. The van der Waals surface area contributed by atoms with Gasteiger partial charge < -0.3 is 29.6 Å². The summed E-state index contributed by atoms with van der Waals surface area (Å²) in [6.45, 7) is 8.22. The summed E-state index contributed by atoms with van der Waals surface area (Å²) < 4.78 is 28.3. The van der Waals surface area contributed by atoms with E-state index in [1.807, 2.05) is 43.6 Å². The van der Waals surface area contributed by atoms with Gasteiger partial charge >= 0.3 is 6.09 Å². The van der Waals surface area contributed by atoms with Crippen LogP contribution in [-0.2, 0) is 9.47 Å². The van der Waals surface area contributed by atoms with Crippen molar-refractivity contribution >= 4 is 28.5 Å². The number of benzene rings is 1. The maximum Gasteiger partial charge on any atom is 0.410 e. The summed E-state index contributed by atoms with van der Waals surface area (Å²) in [6.07, 6.45) is 4.58. The molecular weight excluding hydrogens is 465 g/mol. The third-order valence-corrected chi connectivity index (χ3v) is 6.50. The number of H-pyrrole nitrogens is 1. The zero-order chi connectivity index (χ0) is 25.4. The van der Waals surface area contributed by atoms with E-state index in [4.69, 9.17) is 14.6 Å². The van der Waals surface area contributed by atoms with Crippen LogP contribution in [-0.4, -0.2) is 76.2 Å². The summed E-state index contributed by atoms with van der Waals surface area (Å²) in [5.74, 6) is 0.219. The molecule has 2 aliphatic rings. The molecule has 2 saturated heterocycles. The summed E-state index contributed by atoms with van der Waals surface area (Å²) in [6, 6.07) is 3.23. The minimum Gasteiger partial charge on any atom is -0.444 e. The zero-order valence-corrected chi connectivity index (χ0v) is 21.3. The van der Waals surface area contributed by atoms with Crippen LogP contribution in [0.25, 0.3) is 22.6 Å². The fraction of sp³-hybridized carbons (Fsp3) is 0.560. The van der Waals surface area contributed by atoms with Crippen LogP contribution >= 0.6 is 0 Å². The Bertz CT molecular complexity index is 1230. The van der Waals surface area contributed by atoms with E-state index in [0.717, 1.165) is 37.1 Å². The van der Waals surface area contributed by atoms with E-state index in [9.17, 15) is 4.79 Å². The maximum atomic E-state index is 15.1. The molecule has 0 aliphatic carbocycles. The van der Waals surface area contributed by atoms with Gasteiger partial charge in [-0.15, -0.1) is 0 Å². The number of aromatic amines is 1. The normalized spacial score (nSPS) is 19.1. The van der Waals surface area contributed by atoms with Crippen molar-refractivity contribution in [2.24, 2.45) is 0 Å². The molecule has 2 aliphatic heterocycles. The molecular formula is C25H34FN7O3. The molecule has 0 bridgehead atoms. The molecule has 1 atom stereocenters. The number of carbonyl (C=O) groups is 1. The summed E-state index contributed by atoms with van der Waals surface area (Å²) in [4.78, 5) is 23.9. The Labute approximate surface area is 209 Å². The molecule has 2 aromatic heterocycles. The van der Waals surface area contributed by atoms with Gasteiger partial charge in [0.25, 0.3) is 0 Å². The lowest BCUT2D eigenvalue weighted by atomic mass is 10.2. The van der Waals surface area contributed by atoms with Crippen LogP contribution < -0.4 is 10.2 Å². The standard InChI is InChI=1S/C25H34FN7O3/c1-25(2,3)36-24(34)32-10-8-31(9-11-32)20-14-18-17(13-16(20)26)28-23(29-18)22-19(27-4)15-33(30-22)21-7-5-6-12-35-21/h13-15,21,27H,5-12H2,1-4H3,(H,28,29). The van der Waals surface area contributed by atoms with Crippen molar-refractivity contribution in [2.45, 2.75) is 51.9 Å². The lowest BCUT2D eigenvalue weighted by molar-refractivity contribution is -0.0393. The van der Waals surface area contributed by atoms with Gasteiger partial charge in [-0.05, 0) is 46.1 Å². The van der Waals surface area contributed by atoms with Crippen molar-refractivity contribution in [1.82, 2.24) is 24.6 Å². The van der Waals surface area contributed by atoms with E-state index in [-0.39, 0.29) is 18.1 Å². The number of nitrogens with one attached hydrogen (secondary N) is 2. The highest BCUT2D eigenvalue weighted by Gasteiger charge is 2.27. The van der Waals surface area contributed by atoms with Crippen molar-refractivity contribution in [1.29, 1.82) is 0 Å². The third kappa shape index (κ3) is 4.97. The van der Waals surface area contributed by atoms with E-state index in [0.29, 0.717) is 48.9 Å². The van der Waals surface area contributed by atoms with E-state index in [2.05, 4.69) is 15.3 Å². The molecule has 36 heavy (non-hydrogen) atoms. The first-order chi connectivity index (χ1) is 17.2. The molecule has 0 saturated carbocycles. The monoisotopic (exact) mass is 499 g/mol. The molecule has 2 fully saturated rings. The molecule has 1 amide bonds. The Balaban J connectivity index is 1.35. The topological polar surface area (TPSA) is 101 Å². The third-order valence-electron chi connectivity index (χ3n) is 6.50. The number of aromatic nitrogens is 4. The predicted octanol–water partition coefficient (Wildman–Crippen LogP) is 4.36. The molecule has 11 heteroatoms. The van der Waals surface area contributed by atoms with Crippen LogP contribution in [0.1, 0.15) is 46.3 Å². The lowest BCUT2D eigenvalue weighted by Gasteiger charge is -2.36. The fourth-order valence-corrected chi connectivity index (χ4v) is 4.66. The number of ether oxygens (including phenoxy) is 2. The molecule has 5 rings (SSSR count). The number of nitrogens with zero attached hydrogens (tertiary/aromatic N) is 5. The molecule has 1 unspecified atom stereocenters. The number of halogens is 1. The van der Waals surface area contributed by atoms with Gasteiger partial charge in [-0.2, -0.15) is 5.10 Å². The van der Waals surface area contributed by atoms with Crippen molar-refractivity contribution < 1.29 is 18.7 Å². The first-order valence-electron chi connectivity index (χ1n) is 12.5. The van der Waals surface area contributed by atoms with Crippen molar-refractivity contribution in [3.63, 3.8) is 0 Å². The summed E-state index contributed by atoms with van der Waals surface area (Å²) in [5.41, 5.74) is 2.68. The minimum atomic E-state index is -0.546. The number of anilines is 2. The van der Waals surface area contributed by atoms with Crippen LogP contribution in [0, 0.1) is 5.82 Å². The van der Waals surface area contributed by atoms with E-state index in [1.54, 1.807) is 11.0 Å². The number of rotatable bonds is 4. The second-order valence-electron chi connectivity index (χ2n) is 10.3. The van der Waals surface area contributed by atoms with E-state index in [1.165, 1.54) is 6.07 Å². The number of fused-ring (bicyclic) bond motifs is 1. The van der Waals surface area contributed by atoms with E-state index >= 15 is 4.39 Å². The van der Waals surface area contributed by atoms with Crippen LogP contribution in [0.2, 0.25) is 0 Å². The average Bonchev–Trinajstić information content (AvgIpc) is 3.47. The van der Waals surface area contributed by atoms with Crippen molar-refractivity contribution in [2.75, 3.05) is 50.1 Å². The minimum absolute atomic E-state index is 0.0904. The SMILES string of the molecule is CNc1cn(C2CCCCO2)nc1-c1nc2cc(F)c(N3CCN(C(=O)OC(C)(C)C)CC3)cc2[nH]1. The molecule has 1 aromatic carbocycles. The molecule has 2 N–H and O–H groups in total. The van der Waals surface area contributed by atoms with Crippen molar-refractivity contribution in [3.8, 4) is 11.5 Å². The first-order valence-corrected chi connectivity index (χ1v) is 12.5. The Morgan fingerprint density at radius 1 is 1.22 bits per heavy atom. The molecule has 0 spiro atoms. The fourth-order valence-electron chi connectivity index (χ4n) is 4.66. The van der Waals surface area contributed by atoms with Crippen LogP contribution in [0.4, 0.5) is 20.6 Å². The molecule has 0 radical (unpaired) electrons. The number of amides is 1. The first kappa shape index (κ1) is 24.4. The smallest absolute Gasteiger partial charge is 0.410 e. The van der Waals surface area contributed by atoms with Crippen LogP contribution in [0.15, 0.2) is 18.3 Å². The van der Waals surface area contributed by atoms with Gasteiger partial charge in [-0.25, -0.2) is 18.9 Å². The van der Waals surface area contributed by atoms with E-state index < -0.39 is 5.60 Å². The quantitative estimate of drug-likeness (QED) is 0.550. The Hall–Kier alpha value is -3.34. The Morgan fingerprint density at radius 3 is 2.67 bits per heavy atom. The lowest BCUT2D eigenvalue weighted by Crippen LogP contribution is -2.50. The molecule has 3 aromatic rings. The molecule has 4 heterocycles. The number of carbonyl (C=O) groups excluding carboxylic acids is 1. The number of imidazole rings is 1. The zero-order valence-electron chi connectivity index (χ0n) is 21.3. The highest BCUT2D eigenvalue weighted by molar-refractivity contribution is 5.84. The highest BCUT2D eigenvalue weighted by Crippen LogP contribution is 2.32. The summed E-state index contributed by atoms with van der Waals surface area (Å²) in [5, 5.41) is 7.91. The van der Waals surface area contributed by atoms with Crippen LogP contribution in [0.5, 0.6) is 0 Å². The Morgan fingerprint density at radius 2 is 2.00 bits per heavy atom. The van der Waals surface area contributed by atoms with Gasteiger partial charge in [0.15, 0.2) is 11.5 Å². The largest absolute Gasteiger partial charge is 0.444 e. The van der Waals surface area contributed by atoms with Gasteiger partial charge in [-0.1, -0.05) is 0 Å². The molecule has 194 valence electrons. The van der Waals surface area contributed by atoms with Gasteiger partial charge in [0.05, 0.1) is 28.6 Å². The number of hydrogen-bond donors (Lipinski definition) is 2. The second kappa shape index (κ2) is 9.61. The second-order valence-corrected chi connectivity index (χ2v) is 10.3. The highest BCUT2D eigenvalue weighted by atomic mass is 19.1. The summed E-state index contributed by atoms with van der Waals surface area (Å²) >= 11 is 0. The number of piperazine rings is 1. The van der Waals surface area contributed by atoms with Crippen LogP contribution in [0.3, 0.4) is 0 Å². The van der Waals surface area contributed by atoms with Gasteiger partial charge in [-0.3, -0.25) is 0 Å². The predicted molar refractivity (Wildman–Crippen MR) is 136 cm³/mol. The molecule has 10 nitrogen and oxygen atoms in total. The summed E-state index contributed by atoms with van der Waals surface area (Å²) in [7, 11) is 1.84. The van der Waals surface area contributed by atoms with Gasteiger partial charge in [0.1, 0.15) is 17.6 Å².